The molecule has 0 aliphatic heterocycles. The minimum absolute atomic E-state index is 0.309. The summed E-state index contributed by atoms with van der Waals surface area (Å²) in [4.78, 5) is 1.52. The fourth-order valence-corrected chi connectivity index (χ4v) is 3.51. The second-order valence-electron chi connectivity index (χ2n) is 4.35. The van der Waals surface area contributed by atoms with Gasteiger partial charge >= 0.3 is 0 Å². The van der Waals surface area contributed by atoms with Gasteiger partial charge in [-0.05, 0) is 49.1 Å². The molecule has 0 saturated heterocycles. The number of aryl methyl sites for hydroxylation is 1. The van der Waals surface area contributed by atoms with E-state index in [9.17, 15) is 5.11 Å². The quantitative estimate of drug-likeness (QED) is 0.728. The Morgan fingerprint density at radius 3 is 3.08 bits per heavy atom. The molecule has 1 nitrogen and oxygen atoms in total. The zero-order valence-corrected chi connectivity index (χ0v) is 8.44. The minimum Gasteiger partial charge on any atom is -0.389 e. The molecule has 2 aliphatic rings. The van der Waals surface area contributed by atoms with Gasteiger partial charge in [-0.1, -0.05) is 0 Å². The second kappa shape index (κ2) is 2.58. The number of thiophene rings is 1. The van der Waals surface area contributed by atoms with E-state index < -0.39 is 0 Å². The molecule has 0 bridgehead atoms. The molecule has 0 aromatic carbocycles. The lowest BCUT2D eigenvalue weighted by Gasteiger charge is -2.27. The monoisotopic (exact) mass is 194 g/mol. The highest BCUT2D eigenvalue weighted by atomic mass is 32.1. The van der Waals surface area contributed by atoms with Gasteiger partial charge in [0.1, 0.15) is 0 Å². The summed E-state index contributed by atoms with van der Waals surface area (Å²) < 4.78 is 0. The van der Waals surface area contributed by atoms with Gasteiger partial charge in [-0.15, -0.1) is 11.3 Å². The van der Waals surface area contributed by atoms with Crippen LogP contribution in [0, 0.1) is 0 Å². The van der Waals surface area contributed by atoms with Crippen molar-refractivity contribution in [2.75, 3.05) is 0 Å². The second-order valence-corrected chi connectivity index (χ2v) is 5.35. The SMILES string of the molecule is OC1(C2CCCc3sccc32)CC1. The molecule has 13 heavy (non-hydrogen) atoms. The van der Waals surface area contributed by atoms with Gasteiger partial charge in [-0.3, -0.25) is 0 Å². The van der Waals surface area contributed by atoms with Gasteiger partial charge in [-0.25, -0.2) is 0 Å². The van der Waals surface area contributed by atoms with Gasteiger partial charge in [0.05, 0.1) is 5.60 Å². The van der Waals surface area contributed by atoms with Gasteiger partial charge in [0, 0.05) is 10.8 Å². The van der Waals surface area contributed by atoms with Crippen molar-refractivity contribution in [1.29, 1.82) is 0 Å². The maximum atomic E-state index is 10.1. The fraction of sp³-hybridized carbons (Fsp3) is 0.636. The van der Waals surface area contributed by atoms with Crippen LogP contribution in [0.3, 0.4) is 0 Å². The molecule has 3 rings (SSSR count). The van der Waals surface area contributed by atoms with Crippen LogP contribution < -0.4 is 0 Å². The van der Waals surface area contributed by atoms with Crippen LogP contribution in [-0.4, -0.2) is 10.7 Å². The van der Waals surface area contributed by atoms with E-state index in [1.54, 1.807) is 0 Å². The summed E-state index contributed by atoms with van der Waals surface area (Å²) in [5.41, 5.74) is 1.15. The van der Waals surface area contributed by atoms with Crippen LogP contribution in [-0.2, 0) is 6.42 Å². The Morgan fingerprint density at radius 1 is 1.46 bits per heavy atom. The third kappa shape index (κ3) is 1.16. The number of hydrogen-bond acceptors (Lipinski definition) is 2. The first-order valence-corrected chi connectivity index (χ1v) is 5.96. The Hall–Kier alpha value is -0.340. The topological polar surface area (TPSA) is 20.2 Å². The molecule has 70 valence electrons. The van der Waals surface area contributed by atoms with Crippen molar-refractivity contribution in [1.82, 2.24) is 0 Å². The van der Waals surface area contributed by atoms with Gasteiger partial charge in [0.25, 0.3) is 0 Å². The van der Waals surface area contributed by atoms with Crippen molar-refractivity contribution in [2.45, 2.75) is 43.6 Å². The minimum atomic E-state index is -0.309. The van der Waals surface area contributed by atoms with Crippen LogP contribution in [0.1, 0.15) is 42.0 Å². The fourth-order valence-electron chi connectivity index (χ4n) is 2.52. The molecule has 1 saturated carbocycles. The van der Waals surface area contributed by atoms with Crippen LogP contribution in [0.2, 0.25) is 0 Å². The summed E-state index contributed by atoms with van der Waals surface area (Å²) >= 11 is 1.86. The first-order valence-electron chi connectivity index (χ1n) is 5.08. The van der Waals surface area contributed by atoms with E-state index in [0.29, 0.717) is 5.92 Å². The molecule has 1 fully saturated rings. The number of rotatable bonds is 1. The molecule has 0 amide bonds. The molecule has 1 atom stereocenters. The molecular formula is C11H14OS. The Bertz CT molecular complexity index is 325. The lowest BCUT2D eigenvalue weighted by atomic mass is 9.82. The van der Waals surface area contributed by atoms with E-state index in [0.717, 1.165) is 12.8 Å². The van der Waals surface area contributed by atoms with Crippen LogP contribution in [0.5, 0.6) is 0 Å². The van der Waals surface area contributed by atoms with E-state index >= 15 is 0 Å². The standard InChI is InChI=1S/C11H14OS/c12-11(5-6-11)9-2-1-3-10-8(9)4-7-13-10/h4,7,9,12H,1-3,5-6H2. The van der Waals surface area contributed by atoms with Gasteiger partial charge in [0.15, 0.2) is 0 Å². The van der Waals surface area contributed by atoms with E-state index in [-0.39, 0.29) is 5.60 Å². The first-order chi connectivity index (χ1) is 6.30. The Kier molecular flexibility index (Phi) is 1.59. The summed E-state index contributed by atoms with van der Waals surface area (Å²) in [6.45, 7) is 0. The lowest BCUT2D eigenvalue weighted by Crippen LogP contribution is -2.23. The van der Waals surface area contributed by atoms with Crippen LogP contribution in [0.4, 0.5) is 0 Å². The Morgan fingerprint density at radius 2 is 2.31 bits per heavy atom. The van der Waals surface area contributed by atoms with E-state index in [1.165, 1.54) is 29.7 Å². The van der Waals surface area contributed by atoms with Crippen molar-refractivity contribution in [3.63, 3.8) is 0 Å². The van der Waals surface area contributed by atoms with E-state index in [4.69, 9.17) is 0 Å². The largest absolute Gasteiger partial charge is 0.389 e. The molecule has 1 N–H and O–H groups in total. The predicted octanol–water partition coefficient (Wildman–Crippen LogP) is 2.69. The average Bonchev–Trinajstić information content (AvgIpc) is 2.72. The molecule has 0 spiro atoms. The molecule has 1 unspecified atom stereocenters. The highest BCUT2D eigenvalue weighted by Gasteiger charge is 2.49. The van der Waals surface area contributed by atoms with Crippen molar-refractivity contribution in [3.8, 4) is 0 Å². The first kappa shape index (κ1) is 8.01. The molecule has 1 aromatic rings. The predicted molar refractivity (Wildman–Crippen MR) is 54.2 cm³/mol. The van der Waals surface area contributed by atoms with Crippen LogP contribution >= 0.6 is 11.3 Å². The van der Waals surface area contributed by atoms with Crippen LogP contribution in [0.25, 0.3) is 0 Å². The van der Waals surface area contributed by atoms with Crippen LogP contribution in [0.15, 0.2) is 11.4 Å². The summed E-state index contributed by atoms with van der Waals surface area (Å²) in [5, 5.41) is 12.3. The van der Waals surface area contributed by atoms with Crippen molar-refractivity contribution < 1.29 is 5.11 Å². The van der Waals surface area contributed by atoms with Crippen molar-refractivity contribution in [3.05, 3.63) is 21.9 Å². The number of hydrogen-bond donors (Lipinski definition) is 1. The highest BCUT2D eigenvalue weighted by molar-refractivity contribution is 7.10. The lowest BCUT2D eigenvalue weighted by molar-refractivity contribution is 0.110. The van der Waals surface area contributed by atoms with Crippen molar-refractivity contribution >= 4 is 11.3 Å². The molecule has 0 radical (unpaired) electrons. The third-order valence-electron chi connectivity index (χ3n) is 3.46. The Balaban J connectivity index is 2.00. The maximum absolute atomic E-state index is 10.1. The normalized spacial score (nSPS) is 29.8. The number of aliphatic hydroxyl groups is 1. The molecule has 2 aliphatic carbocycles. The van der Waals surface area contributed by atoms with E-state index in [2.05, 4.69) is 11.4 Å². The summed E-state index contributed by atoms with van der Waals surface area (Å²) in [6.07, 6.45) is 5.74. The zero-order chi connectivity index (χ0) is 8.89. The Labute approximate surface area is 82.4 Å². The molecular weight excluding hydrogens is 180 g/mol. The third-order valence-corrected chi connectivity index (χ3v) is 4.46. The van der Waals surface area contributed by atoms with Gasteiger partial charge < -0.3 is 5.11 Å². The van der Waals surface area contributed by atoms with E-state index in [1.807, 2.05) is 11.3 Å². The highest BCUT2D eigenvalue weighted by Crippen LogP contribution is 2.52. The smallest absolute Gasteiger partial charge is 0.0718 e. The van der Waals surface area contributed by atoms with Gasteiger partial charge in [-0.2, -0.15) is 0 Å². The van der Waals surface area contributed by atoms with Gasteiger partial charge in [0.2, 0.25) is 0 Å². The van der Waals surface area contributed by atoms with Crippen molar-refractivity contribution in [2.24, 2.45) is 0 Å². The molecule has 2 heteroatoms. The summed E-state index contributed by atoms with van der Waals surface area (Å²) in [5.74, 6) is 0.461. The zero-order valence-electron chi connectivity index (χ0n) is 7.62. The number of fused-ring (bicyclic) bond motifs is 1. The summed E-state index contributed by atoms with van der Waals surface area (Å²) in [7, 11) is 0. The average molecular weight is 194 g/mol. The maximum Gasteiger partial charge on any atom is 0.0718 e. The molecule has 1 aromatic heterocycles. The molecule has 1 heterocycles. The summed E-state index contributed by atoms with van der Waals surface area (Å²) in [6, 6.07) is 2.22.